The Kier molecular flexibility index (Phi) is 15.5. The molecule has 4 aromatic carbocycles. The fourth-order valence-corrected chi connectivity index (χ4v) is 5.77. The van der Waals surface area contributed by atoms with Gasteiger partial charge in [0.2, 0.25) is 11.8 Å². The Morgan fingerprint density at radius 3 is 1.68 bits per heavy atom. The molecule has 0 fully saturated rings. The molecule has 0 aliphatic carbocycles. The lowest BCUT2D eigenvalue weighted by Gasteiger charge is -2.25. The zero-order valence-electron chi connectivity index (χ0n) is 28.7. The van der Waals surface area contributed by atoms with Crippen molar-refractivity contribution in [3.63, 3.8) is 0 Å². The van der Waals surface area contributed by atoms with Crippen LogP contribution in [0.25, 0.3) is 22.3 Å². The van der Waals surface area contributed by atoms with Gasteiger partial charge in [0.1, 0.15) is 6.04 Å². The Bertz CT molecular complexity index is 1600. The van der Waals surface area contributed by atoms with Gasteiger partial charge in [-0.3, -0.25) is 15.0 Å². The predicted octanol–water partition coefficient (Wildman–Crippen LogP) is 3.69. The molecule has 0 bridgehead atoms. The second-order valence-corrected chi connectivity index (χ2v) is 12.6. The number of rotatable bonds is 20. The highest BCUT2D eigenvalue weighted by Crippen LogP contribution is 2.21. The van der Waals surface area contributed by atoms with Crippen molar-refractivity contribution >= 4 is 17.8 Å². The second kappa shape index (κ2) is 20.5. The average Bonchev–Trinajstić information content (AvgIpc) is 3.14. The van der Waals surface area contributed by atoms with Crippen LogP contribution in [0.15, 0.2) is 109 Å². The van der Waals surface area contributed by atoms with Crippen LogP contribution in [0.2, 0.25) is 0 Å². The van der Waals surface area contributed by atoms with Crippen LogP contribution in [0.5, 0.6) is 0 Å². The maximum absolute atomic E-state index is 13.8. The number of benzene rings is 4. The van der Waals surface area contributed by atoms with Crippen LogP contribution >= 0.6 is 0 Å². The highest BCUT2D eigenvalue weighted by molar-refractivity contribution is 5.90. The van der Waals surface area contributed by atoms with Crippen molar-refractivity contribution in [2.45, 2.75) is 56.7 Å². The third-order valence-electron chi connectivity index (χ3n) is 8.55. The summed E-state index contributed by atoms with van der Waals surface area (Å²) < 4.78 is 0. The summed E-state index contributed by atoms with van der Waals surface area (Å²) in [5.74, 6) is -0.644. The Hall–Kier alpha value is -5.03. The van der Waals surface area contributed by atoms with Crippen LogP contribution in [-0.4, -0.2) is 62.1 Å². The SMILES string of the molecule is N=C(N)NCCC[C@H](NC[C@@H](N)Cc1ccc(-c2ccccc2)cc1)C(=O)N[C@@H](Cc1ccc(-c2ccccc2)cc1)C(=O)NCCCCN. The van der Waals surface area contributed by atoms with Crippen LogP contribution in [0, 0.1) is 5.41 Å². The summed E-state index contributed by atoms with van der Waals surface area (Å²) in [5.41, 5.74) is 24.2. The Labute approximate surface area is 296 Å². The molecular formula is C40H52N8O2. The Morgan fingerprint density at radius 2 is 1.14 bits per heavy atom. The largest absolute Gasteiger partial charge is 0.370 e. The van der Waals surface area contributed by atoms with E-state index in [0.717, 1.165) is 46.2 Å². The molecule has 0 saturated heterocycles. The minimum atomic E-state index is -0.778. The van der Waals surface area contributed by atoms with Gasteiger partial charge in [0.05, 0.1) is 6.04 Å². The number of hydrogen-bond donors (Lipinski definition) is 8. The monoisotopic (exact) mass is 676 g/mol. The number of amides is 2. The molecule has 0 spiro atoms. The lowest BCUT2D eigenvalue weighted by molar-refractivity contribution is -0.130. The van der Waals surface area contributed by atoms with Crippen LogP contribution in [0.3, 0.4) is 0 Å². The number of guanidine groups is 1. The highest BCUT2D eigenvalue weighted by Gasteiger charge is 2.26. The molecule has 50 heavy (non-hydrogen) atoms. The number of hydrogen-bond acceptors (Lipinski definition) is 6. The van der Waals surface area contributed by atoms with Crippen molar-refractivity contribution in [1.82, 2.24) is 21.3 Å². The summed E-state index contributed by atoms with van der Waals surface area (Å²) >= 11 is 0. The molecule has 4 rings (SSSR count). The highest BCUT2D eigenvalue weighted by atomic mass is 16.2. The number of carbonyl (C=O) groups excluding carboxylic acids is 2. The minimum absolute atomic E-state index is 0.121. The minimum Gasteiger partial charge on any atom is -0.370 e. The summed E-state index contributed by atoms with van der Waals surface area (Å²) in [7, 11) is 0. The van der Waals surface area contributed by atoms with E-state index in [-0.39, 0.29) is 23.8 Å². The molecule has 0 radical (unpaired) electrons. The molecule has 0 aromatic heterocycles. The lowest BCUT2D eigenvalue weighted by Crippen LogP contribution is -2.55. The summed E-state index contributed by atoms with van der Waals surface area (Å²) in [6.45, 7) is 1.88. The zero-order valence-corrected chi connectivity index (χ0v) is 28.7. The predicted molar refractivity (Wildman–Crippen MR) is 203 cm³/mol. The molecule has 0 unspecified atom stereocenters. The Morgan fingerprint density at radius 1 is 0.620 bits per heavy atom. The maximum atomic E-state index is 13.8. The van der Waals surface area contributed by atoms with Crippen LogP contribution < -0.4 is 38.5 Å². The molecule has 4 aromatic rings. The van der Waals surface area contributed by atoms with Crippen molar-refractivity contribution in [2.75, 3.05) is 26.2 Å². The van der Waals surface area contributed by atoms with Gasteiger partial charge >= 0.3 is 0 Å². The van der Waals surface area contributed by atoms with E-state index in [4.69, 9.17) is 22.6 Å². The first-order valence-electron chi connectivity index (χ1n) is 17.5. The van der Waals surface area contributed by atoms with Gasteiger partial charge in [0.15, 0.2) is 5.96 Å². The molecule has 0 aliphatic rings. The number of unbranched alkanes of at least 4 members (excludes halogenated alkanes) is 1. The van der Waals surface area contributed by atoms with Crippen LogP contribution in [0.4, 0.5) is 0 Å². The van der Waals surface area contributed by atoms with Gasteiger partial charge in [0, 0.05) is 32.1 Å². The number of nitrogens with two attached hydrogens (primary N) is 3. The summed E-state index contributed by atoms with van der Waals surface area (Å²) in [4.78, 5) is 27.3. The molecule has 11 N–H and O–H groups in total. The van der Waals surface area contributed by atoms with E-state index in [0.29, 0.717) is 51.9 Å². The van der Waals surface area contributed by atoms with Gasteiger partial charge in [0.25, 0.3) is 0 Å². The van der Waals surface area contributed by atoms with Gasteiger partial charge in [-0.15, -0.1) is 0 Å². The van der Waals surface area contributed by atoms with E-state index in [1.807, 2.05) is 60.7 Å². The summed E-state index contributed by atoms with van der Waals surface area (Å²) in [6.07, 6.45) is 3.57. The third-order valence-corrected chi connectivity index (χ3v) is 8.55. The maximum Gasteiger partial charge on any atom is 0.242 e. The first-order chi connectivity index (χ1) is 24.3. The van der Waals surface area contributed by atoms with Crippen LogP contribution in [-0.2, 0) is 22.4 Å². The van der Waals surface area contributed by atoms with Gasteiger partial charge in [-0.25, -0.2) is 0 Å². The molecule has 264 valence electrons. The van der Waals surface area contributed by atoms with Crippen LogP contribution in [0.1, 0.15) is 36.8 Å². The summed E-state index contributed by atoms with van der Waals surface area (Å²) in [6, 6.07) is 35.1. The van der Waals surface area contributed by atoms with Gasteiger partial charge in [-0.1, -0.05) is 109 Å². The molecular weight excluding hydrogens is 624 g/mol. The molecule has 2 amide bonds. The standard InChI is InChI=1S/C40H52N8O2/c41-23-7-8-24-45-38(49)37(27-30-17-21-34(22-18-30)32-12-5-2-6-13-32)48-39(50)36(14-9-25-46-40(43)44)47-28-35(42)26-29-15-19-33(20-16-29)31-10-3-1-4-11-31/h1-6,10-13,15-22,35-37,47H,7-9,14,23-28,41-42H2,(H,45,49)(H,48,50)(H4,43,44,46)/t35-,36-,37-/m0/s1. The van der Waals surface area contributed by atoms with E-state index in [2.05, 4.69) is 69.8 Å². The lowest BCUT2D eigenvalue weighted by atomic mass is 9.99. The fraction of sp³-hybridized carbons (Fsp3) is 0.325. The molecule has 0 aliphatic heterocycles. The van der Waals surface area contributed by atoms with Crippen molar-refractivity contribution in [2.24, 2.45) is 17.2 Å². The number of nitrogens with one attached hydrogen (secondary N) is 5. The van der Waals surface area contributed by atoms with Gasteiger partial charge in [-0.05, 0) is 72.0 Å². The van der Waals surface area contributed by atoms with Crippen molar-refractivity contribution in [1.29, 1.82) is 5.41 Å². The van der Waals surface area contributed by atoms with Crippen molar-refractivity contribution in [3.05, 3.63) is 120 Å². The van der Waals surface area contributed by atoms with Crippen molar-refractivity contribution in [3.8, 4) is 22.3 Å². The summed E-state index contributed by atoms with van der Waals surface area (Å²) in [5, 5.41) is 19.6. The van der Waals surface area contributed by atoms with E-state index in [1.54, 1.807) is 0 Å². The van der Waals surface area contributed by atoms with Gasteiger partial charge in [-0.2, -0.15) is 0 Å². The first kappa shape index (κ1) is 37.8. The van der Waals surface area contributed by atoms with E-state index in [9.17, 15) is 9.59 Å². The quantitative estimate of drug-likeness (QED) is 0.0399. The molecule has 10 heteroatoms. The molecule has 0 saturated carbocycles. The molecule has 3 atom stereocenters. The zero-order chi connectivity index (χ0) is 35.6. The molecule has 10 nitrogen and oxygen atoms in total. The van der Waals surface area contributed by atoms with E-state index in [1.165, 1.54) is 0 Å². The first-order valence-corrected chi connectivity index (χ1v) is 17.5. The topological polar surface area (TPSA) is 184 Å². The fourth-order valence-electron chi connectivity index (χ4n) is 5.77. The van der Waals surface area contributed by atoms with Crippen molar-refractivity contribution < 1.29 is 9.59 Å². The molecule has 0 heterocycles. The normalized spacial score (nSPS) is 12.8. The third kappa shape index (κ3) is 12.8. The smallest absolute Gasteiger partial charge is 0.242 e. The number of carbonyl (C=O) groups is 2. The Balaban J connectivity index is 1.41. The van der Waals surface area contributed by atoms with E-state index < -0.39 is 12.1 Å². The average molecular weight is 677 g/mol. The second-order valence-electron chi connectivity index (χ2n) is 12.6. The van der Waals surface area contributed by atoms with Gasteiger partial charge < -0.3 is 38.5 Å². The van der Waals surface area contributed by atoms with E-state index >= 15 is 0 Å².